The van der Waals surface area contributed by atoms with Crippen LogP contribution in [0.2, 0.25) is 0 Å². The summed E-state index contributed by atoms with van der Waals surface area (Å²) in [6, 6.07) is 8.58. The maximum atomic E-state index is 2.31. The van der Waals surface area contributed by atoms with Crippen LogP contribution in [0.3, 0.4) is 0 Å². The Hall–Kier alpha value is -1.35. The zero-order valence-electron chi connectivity index (χ0n) is 12.7. The minimum Gasteiger partial charge on any atom is -1.00 e. The molecule has 0 saturated heterocycles. The Balaban J connectivity index is 0.00000200. The highest BCUT2D eigenvalue weighted by molar-refractivity contribution is 5.71. The van der Waals surface area contributed by atoms with Gasteiger partial charge in [0.25, 0.3) is 0 Å². The fraction of sp³-hybridized carbons (Fsp3) is 0.353. The molecule has 108 valence electrons. The van der Waals surface area contributed by atoms with Gasteiger partial charge in [-0.3, -0.25) is 0 Å². The van der Waals surface area contributed by atoms with Gasteiger partial charge in [0, 0.05) is 0 Å². The Morgan fingerprint density at radius 1 is 1.05 bits per heavy atom. The molecule has 0 aliphatic rings. The Bertz CT molecular complexity index is 573. The highest BCUT2D eigenvalue weighted by atomic mass is 79.9. The first kappa shape index (κ1) is 16.7. The molecular formula is C17H23BrN2. The van der Waals surface area contributed by atoms with E-state index in [0.717, 1.165) is 13.1 Å². The van der Waals surface area contributed by atoms with Crippen molar-refractivity contribution in [2.75, 3.05) is 0 Å². The van der Waals surface area contributed by atoms with Gasteiger partial charge in [-0.25, -0.2) is 9.13 Å². The van der Waals surface area contributed by atoms with E-state index in [-0.39, 0.29) is 17.0 Å². The zero-order chi connectivity index (χ0) is 13.8. The molecule has 1 heterocycles. The molecule has 0 amide bonds. The normalized spacial score (nSPS) is 10.0. The zero-order valence-corrected chi connectivity index (χ0v) is 14.3. The molecule has 1 aromatic carbocycles. The van der Waals surface area contributed by atoms with Crippen LogP contribution in [0.1, 0.15) is 27.7 Å². The molecule has 3 heteroatoms. The smallest absolute Gasteiger partial charge is 0.245 e. The molecule has 0 saturated carbocycles. The van der Waals surface area contributed by atoms with E-state index in [4.69, 9.17) is 0 Å². The van der Waals surface area contributed by atoms with Crippen molar-refractivity contribution in [1.29, 1.82) is 0 Å². The second kappa shape index (κ2) is 7.44. The Labute approximate surface area is 132 Å². The summed E-state index contributed by atoms with van der Waals surface area (Å²) in [6.07, 6.45) is 6.74. The molecule has 1 aromatic heterocycles. The van der Waals surface area contributed by atoms with Crippen LogP contribution >= 0.6 is 0 Å². The summed E-state index contributed by atoms with van der Waals surface area (Å²) in [4.78, 5) is 0. The number of hydrogen-bond acceptors (Lipinski definition) is 0. The van der Waals surface area contributed by atoms with Crippen LogP contribution in [0.15, 0.2) is 53.9 Å². The monoisotopic (exact) mass is 334 g/mol. The summed E-state index contributed by atoms with van der Waals surface area (Å²) in [5, 5.41) is 0. The van der Waals surface area contributed by atoms with Crippen molar-refractivity contribution >= 4 is 11.0 Å². The lowest BCUT2D eigenvalue weighted by Gasteiger charge is -1.92. The summed E-state index contributed by atoms with van der Waals surface area (Å²) in [7, 11) is 0. The van der Waals surface area contributed by atoms with E-state index in [1.54, 1.807) is 0 Å². The Kier molecular flexibility index (Phi) is 6.21. The maximum absolute atomic E-state index is 2.31. The van der Waals surface area contributed by atoms with E-state index >= 15 is 0 Å². The van der Waals surface area contributed by atoms with Gasteiger partial charge >= 0.3 is 0 Å². The van der Waals surface area contributed by atoms with Crippen LogP contribution in [-0.4, -0.2) is 4.57 Å². The highest BCUT2D eigenvalue weighted by Gasteiger charge is 2.12. The second-order valence-corrected chi connectivity index (χ2v) is 5.47. The summed E-state index contributed by atoms with van der Waals surface area (Å²) in [5.74, 6) is 0. The predicted molar refractivity (Wildman–Crippen MR) is 81.0 cm³/mol. The first-order valence-corrected chi connectivity index (χ1v) is 6.82. The number of rotatable bonds is 4. The number of nitrogens with zero attached hydrogens (tertiary/aromatic N) is 2. The molecule has 2 rings (SSSR count). The van der Waals surface area contributed by atoms with E-state index in [9.17, 15) is 0 Å². The van der Waals surface area contributed by atoms with E-state index in [1.807, 2.05) is 0 Å². The Morgan fingerprint density at radius 2 is 1.70 bits per heavy atom. The van der Waals surface area contributed by atoms with Crippen molar-refractivity contribution in [2.24, 2.45) is 0 Å². The van der Waals surface area contributed by atoms with Gasteiger partial charge in [-0.05, 0) is 52.0 Å². The third-order valence-electron chi connectivity index (χ3n) is 3.17. The molecule has 0 radical (unpaired) electrons. The van der Waals surface area contributed by atoms with Crippen molar-refractivity contribution in [2.45, 2.75) is 40.8 Å². The minimum atomic E-state index is 0. The molecule has 0 fully saturated rings. The van der Waals surface area contributed by atoms with Gasteiger partial charge in [0.15, 0.2) is 11.0 Å². The molecular weight excluding hydrogens is 312 g/mol. The van der Waals surface area contributed by atoms with E-state index < -0.39 is 0 Å². The van der Waals surface area contributed by atoms with Gasteiger partial charge in [0.1, 0.15) is 13.1 Å². The van der Waals surface area contributed by atoms with Gasteiger partial charge in [0.05, 0.1) is 0 Å². The summed E-state index contributed by atoms with van der Waals surface area (Å²) < 4.78 is 4.61. The number of para-hydroxylation sites is 2. The van der Waals surface area contributed by atoms with Crippen LogP contribution in [0, 0.1) is 0 Å². The molecule has 0 N–H and O–H groups in total. The fourth-order valence-corrected chi connectivity index (χ4v) is 2.10. The number of aromatic nitrogens is 2. The number of halogens is 1. The average Bonchev–Trinajstić information content (AvgIpc) is 2.72. The molecule has 0 atom stereocenters. The lowest BCUT2D eigenvalue weighted by Crippen LogP contribution is -3.00. The standard InChI is InChI=1S/C17H23N2.BrH/c1-14(2)9-11-18-13-19(12-10-15(3)4)17-8-6-5-7-16(17)18;/h5-10,13H,11-12H2,1-4H3;1H/q+1;/p-1. The first-order chi connectivity index (χ1) is 9.08. The first-order valence-electron chi connectivity index (χ1n) is 6.82. The van der Waals surface area contributed by atoms with E-state index in [2.05, 4.69) is 79.6 Å². The highest BCUT2D eigenvalue weighted by Crippen LogP contribution is 2.11. The quantitative estimate of drug-likeness (QED) is 0.579. The Morgan fingerprint density at radius 3 is 2.35 bits per heavy atom. The SMILES string of the molecule is CC(C)=CCn1c[n+](CC=C(C)C)c2ccccc21.[Br-]. The van der Waals surface area contributed by atoms with Gasteiger partial charge in [0.2, 0.25) is 6.33 Å². The van der Waals surface area contributed by atoms with Gasteiger partial charge in [-0.2, -0.15) is 0 Å². The van der Waals surface area contributed by atoms with Crippen LogP contribution in [-0.2, 0) is 13.1 Å². The molecule has 0 unspecified atom stereocenters. The van der Waals surface area contributed by atoms with Crippen molar-refractivity contribution < 1.29 is 21.5 Å². The van der Waals surface area contributed by atoms with Crippen LogP contribution in [0.4, 0.5) is 0 Å². The van der Waals surface area contributed by atoms with Gasteiger partial charge < -0.3 is 17.0 Å². The van der Waals surface area contributed by atoms with E-state index in [1.165, 1.54) is 22.2 Å². The molecule has 0 aliphatic carbocycles. The third kappa shape index (κ3) is 4.07. The number of fused-ring (bicyclic) bond motifs is 1. The van der Waals surface area contributed by atoms with Crippen LogP contribution < -0.4 is 21.5 Å². The third-order valence-corrected chi connectivity index (χ3v) is 3.17. The summed E-state index contributed by atoms with van der Waals surface area (Å²) in [6.45, 7) is 10.4. The molecule has 2 nitrogen and oxygen atoms in total. The van der Waals surface area contributed by atoms with Crippen molar-refractivity contribution in [3.63, 3.8) is 0 Å². The van der Waals surface area contributed by atoms with Crippen molar-refractivity contribution in [3.05, 3.63) is 53.9 Å². The molecule has 0 aliphatic heterocycles. The van der Waals surface area contributed by atoms with Gasteiger partial charge in [-0.15, -0.1) is 0 Å². The second-order valence-electron chi connectivity index (χ2n) is 5.47. The summed E-state index contributed by atoms with van der Waals surface area (Å²) >= 11 is 0. The topological polar surface area (TPSA) is 8.81 Å². The number of imidazole rings is 1. The molecule has 20 heavy (non-hydrogen) atoms. The van der Waals surface area contributed by atoms with Crippen molar-refractivity contribution in [1.82, 2.24) is 4.57 Å². The lowest BCUT2D eigenvalue weighted by molar-refractivity contribution is -0.661. The minimum absolute atomic E-state index is 0. The largest absolute Gasteiger partial charge is 1.00 e. The average molecular weight is 335 g/mol. The van der Waals surface area contributed by atoms with Gasteiger partial charge in [-0.1, -0.05) is 23.3 Å². The molecule has 0 spiro atoms. The number of benzene rings is 1. The maximum Gasteiger partial charge on any atom is 0.245 e. The van der Waals surface area contributed by atoms with Crippen LogP contribution in [0.25, 0.3) is 11.0 Å². The number of allylic oxidation sites excluding steroid dienone is 4. The predicted octanol–water partition coefficient (Wildman–Crippen LogP) is 0.865. The fourth-order valence-electron chi connectivity index (χ4n) is 2.10. The van der Waals surface area contributed by atoms with Crippen LogP contribution in [0.5, 0.6) is 0 Å². The lowest BCUT2D eigenvalue weighted by atomic mass is 10.3. The molecule has 0 bridgehead atoms. The molecule has 2 aromatic rings. The summed E-state index contributed by atoms with van der Waals surface area (Å²) in [5.41, 5.74) is 5.30. The van der Waals surface area contributed by atoms with Crippen molar-refractivity contribution in [3.8, 4) is 0 Å². The number of hydrogen-bond donors (Lipinski definition) is 0. The van der Waals surface area contributed by atoms with E-state index in [0.29, 0.717) is 0 Å².